The summed E-state index contributed by atoms with van der Waals surface area (Å²) in [6.07, 6.45) is 5.30. The van der Waals surface area contributed by atoms with E-state index in [9.17, 15) is 5.11 Å². The quantitative estimate of drug-likeness (QED) is 0.280. The van der Waals surface area contributed by atoms with Gasteiger partial charge in [-0.25, -0.2) is 4.68 Å². The van der Waals surface area contributed by atoms with Gasteiger partial charge in [0.05, 0.1) is 36.3 Å². The molecule has 0 amide bonds. The first-order chi connectivity index (χ1) is 17.0. The van der Waals surface area contributed by atoms with Crippen LogP contribution in [0.4, 0.5) is 0 Å². The standard InChI is InChI=1S/C28H35N3O4/c1-5-17-34-21-24(32)19-30(16-18-33-4)20-26-27(6-2)29-31(23-10-8-7-9-11-23)28(26)35-25-14-12-22(3)13-15-25/h1,7-15,24,32H,6,16-21H2,2-4H3/t24-/m0/s1. The Hall–Kier alpha value is -3.15. The number of para-hydroxylation sites is 1. The Morgan fingerprint density at radius 1 is 1.14 bits per heavy atom. The second-order valence-electron chi connectivity index (χ2n) is 8.35. The lowest BCUT2D eigenvalue weighted by atomic mass is 10.1. The number of methoxy groups -OCH3 is 1. The van der Waals surface area contributed by atoms with Gasteiger partial charge in [0.15, 0.2) is 0 Å². The van der Waals surface area contributed by atoms with E-state index >= 15 is 0 Å². The van der Waals surface area contributed by atoms with E-state index in [1.54, 1.807) is 7.11 Å². The van der Waals surface area contributed by atoms with Crippen LogP contribution in [0.3, 0.4) is 0 Å². The molecule has 2 aromatic carbocycles. The zero-order valence-electron chi connectivity index (χ0n) is 20.8. The molecule has 1 heterocycles. The van der Waals surface area contributed by atoms with E-state index in [1.165, 1.54) is 0 Å². The highest BCUT2D eigenvalue weighted by Gasteiger charge is 2.23. The molecular weight excluding hydrogens is 442 g/mol. The van der Waals surface area contributed by atoms with E-state index in [4.69, 9.17) is 25.7 Å². The Morgan fingerprint density at radius 2 is 1.89 bits per heavy atom. The smallest absolute Gasteiger partial charge is 0.227 e. The number of ether oxygens (including phenoxy) is 3. The van der Waals surface area contributed by atoms with Crippen molar-refractivity contribution in [1.29, 1.82) is 0 Å². The number of aromatic nitrogens is 2. The van der Waals surface area contributed by atoms with Gasteiger partial charge in [-0.2, -0.15) is 5.10 Å². The highest BCUT2D eigenvalue weighted by Crippen LogP contribution is 2.32. The van der Waals surface area contributed by atoms with Crippen LogP contribution in [0, 0.1) is 19.3 Å². The number of aliphatic hydroxyl groups is 1. The number of aliphatic hydroxyl groups excluding tert-OH is 1. The topological polar surface area (TPSA) is 69.0 Å². The minimum Gasteiger partial charge on any atom is -0.439 e. The predicted molar refractivity (Wildman–Crippen MR) is 137 cm³/mol. The van der Waals surface area contributed by atoms with Crippen LogP contribution in [0.1, 0.15) is 23.7 Å². The number of terminal acetylenes is 1. The SMILES string of the molecule is C#CCOC[C@@H](O)CN(CCOC)Cc1c(CC)nn(-c2ccccc2)c1Oc1ccc(C)cc1. The van der Waals surface area contributed by atoms with E-state index in [-0.39, 0.29) is 13.2 Å². The molecule has 7 heteroatoms. The molecule has 35 heavy (non-hydrogen) atoms. The van der Waals surface area contributed by atoms with Gasteiger partial charge in [0.2, 0.25) is 5.88 Å². The maximum Gasteiger partial charge on any atom is 0.227 e. The Labute approximate surface area is 208 Å². The van der Waals surface area contributed by atoms with Gasteiger partial charge in [0, 0.05) is 26.7 Å². The number of hydrogen-bond acceptors (Lipinski definition) is 6. The number of nitrogens with zero attached hydrogens (tertiary/aromatic N) is 3. The van der Waals surface area contributed by atoms with Crippen molar-refractivity contribution < 1.29 is 19.3 Å². The third-order valence-corrected chi connectivity index (χ3v) is 5.55. The van der Waals surface area contributed by atoms with Crippen molar-refractivity contribution >= 4 is 0 Å². The Balaban J connectivity index is 1.96. The second-order valence-corrected chi connectivity index (χ2v) is 8.35. The monoisotopic (exact) mass is 477 g/mol. The van der Waals surface area contributed by atoms with Crippen molar-refractivity contribution in [2.75, 3.05) is 40.0 Å². The molecule has 7 nitrogen and oxygen atoms in total. The van der Waals surface area contributed by atoms with Crippen LogP contribution in [-0.4, -0.2) is 65.9 Å². The lowest BCUT2D eigenvalue weighted by molar-refractivity contribution is 0.0205. The van der Waals surface area contributed by atoms with E-state index in [0.717, 1.165) is 34.7 Å². The molecule has 0 bridgehead atoms. The maximum atomic E-state index is 10.5. The fourth-order valence-electron chi connectivity index (χ4n) is 3.77. The van der Waals surface area contributed by atoms with Gasteiger partial charge in [0.1, 0.15) is 12.4 Å². The Morgan fingerprint density at radius 3 is 2.54 bits per heavy atom. The number of aryl methyl sites for hydroxylation is 2. The van der Waals surface area contributed by atoms with Crippen LogP contribution < -0.4 is 4.74 Å². The van der Waals surface area contributed by atoms with Crippen LogP contribution in [-0.2, 0) is 22.4 Å². The minimum atomic E-state index is -0.684. The summed E-state index contributed by atoms with van der Waals surface area (Å²) in [7, 11) is 1.67. The first-order valence-corrected chi connectivity index (χ1v) is 11.9. The van der Waals surface area contributed by atoms with Gasteiger partial charge in [-0.15, -0.1) is 6.42 Å². The van der Waals surface area contributed by atoms with Crippen LogP contribution >= 0.6 is 0 Å². The average molecular weight is 478 g/mol. The van der Waals surface area contributed by atoms with Crippen molar-refractivity contribution in [3.63, 3.8) is 0 Å². The summed E-state index contributed by atoms with van der Waals surface area (Å²) in [6, 6.07) is 17.9. The molecule has 0 fully saturated rings. The van der Waals surface area contributed by atoms with Crippen LogP contribution in [0.15, 0.2) is 54.6 Å². The van der Waals surface area contributed by atoms with Crippen LogP contribution in [0.25, 0.3) is 5.69 Å². The van der Waals surface area contributed by atoms with Gasteiger partial charge in [-0.3, -0.25) is 4.90 Å². The molecule has 0 aliphatic carbocycles. The average Bonchev–Trinajstić information content (AvgIpc) is 3.21. The predicted octanol–water partition coefficient (Wildman–Crippen LogP) is 3.99. The molecule has 186 valence electrons. The number of rotatable bonds is 14. The van der Waals surface area contributed by atoms with Gasteiger partial charge >= 0.3 is 0 Å². The highest BCUT2D eigenvalue weighted by atomic mass is 16.5. The van der Waals surface area contributed by atoms with Gasteiger partial charge < -0.3 is 19.3 Å². The summed E-state index contributed by atoms with van der Waals surface area (Å²) in [5, 5.41) is 15.4. The molecular formula is C28H35N3O4. The van der Waals surface area contributed by atoms with Crippen molar-refractivity contribution in [3.05, 3.63) is 71.4 Å². The van der Waals surface area contributed by atoms with E-state index < -0.39 is 6.10 Å². The van der Waals surface area contributed by atoms with E-state index in [2.05, 4.69) is 17.7 Å². The largest absolute Gasteiger partial charge is 0.439 e. The van der Waals surface area contributed by atoms with Gasteiger partial charge in [0.25, 0.3) is 0 Å². The van der Waals surface area contributed by atoms with Crippen molar-refractivity contribution in [3.8, 4) is 29.7 Å². The van der Waals surface area contributed by atoms with Crippen LogP contribution in [0.2, 0.25) is 0 Å². The summed E-state index contributed by atoms with van der Waals surface area (Å²) in [5.74, 6) is 3.83. The third kappa shape index (κ3) is 7.67. The molecule has 1 atom stereocenters. The van der Waals surface area contributed by atoms with Crippen molar-refractivity contribution in [2.45, 2.75) is 32.9 Å². The summed E-state index contributed by atoms with van der Waals surface area (Å²) < 4.78 is 19.0. The molecule has 0 saturated heterocycles. The molecule has 1 N–H and O–H groups in total. The Kier molecular flexibility index (Phi) is 10.3. The zero-order valence-corrected chi connectivity index (χ0v) is 20.8. The molecule has 1 aromatic heterocycles. The first-order valence-electron chi connectivity index (χ1n) is 11.9. The maximum absolute atomic E-state index is 10.5. The highest BCUT2D eigenvalue weighted by molar-refractivity contribution is 5.44. The normalized spacial score (nSPS) is 12.0. The van der Waals surface area contributed by atoms with E-state index in [0.29, 0.717) is 32.1 Å². The number of benzene rings is 2. The lowest BCUT2D eigenvalue weighted by Crippen LogP contribution is -2.36. The molecule has 0 aliphatic rings. The van der Waals surface area contributed by atoms with Gasteiger partial charge in [-0.05, 0) is 37.6 Å². The minimum absolute atomic E-state index is 0.171. The van der Waals surface area contributed by atoms with E-state index in [1.807, 2.05) is 66.2 Å². The molecule has 0 spiro atoms. The molecule has 0 unspecified atom stereocenters. The lowest BCUT2D eigenvalue weighted by Gasteiger charge is -2.25. The van der Waals surface area contributed by atoms with Crippen molar-refractivity contribution in [2.24, 2.45) is 0 Å². The summed E-state index contributed by atoms with van der Waals surface area (Å²) >= 11 is 0. The number of hydrogen-bond donors (Lipinski definition) is 1. The third-order valence-electron chi connectivity index (χ3n) is 5.55. The Bertz CT molecular complexity index is 1070. The second kappa shape index (κ2) is 13.7. The summed E-state index contributed by atoms with van der Waals surface area (Å²) in [6.45, 7) is 6.57. The summed E-state index contributed by atoms with van der Waals surface area (Å²) in [4.78, 5) is 2.13. The molecule has 0 radical (unpaired) electrons. The van der Waals surface area contributed by atoms with Crippen molar-refractivity contribution in [1.82, 2.24) is 14.7 Å². The first kappa shape index (κ1) is 26.5. The fourth-order valence-corrected chi connectivity index (χ4v) is 3.77. The summed E-state index contributed by atoms with van der Waals surface area (Å²) in [5.41, 5.74) is 4.00. The fraction of sp³-hybridized carbons (Fsp3) is 0.393. The molecule has 0 aliphatic heterocycles. The van der Waals surface area contributed by atoms with Crippen LogP contribution in [0.5, 0.6) is 11.6 Å². The molecule has 3 rings (SSSR count). The molecule has 0 saturated carbocycles. The van der Waals surface area contributed by atoms with Gasteiger partial charge in [-0.1, -0.05) is 48.7 Å². The molecule has 3 aromatic rings. The zero-order chi connectivity index (χ0) is 25.0.